The molecule has 0 unspecified atom stereocenters. The van der Waals surface area contributed by atoms with Crippen molar-refractivity contribution in [3.8, 4) is 0 Å². The van der Waals surface area contributed by atoms with Gasteiger partial charge in [-0.25, -0.2) is 0 Å². The fraction of sp³-hybridized carbons (Fsp3) is 0.588. The van der Waals surface area contributed by atoms with E-state index in [0.717, 1.165) is 18.7 Å². The summed E-state index contributed by atoms with van der Waals surface area (Å²) in [5.41, 5.74) is 2.52. The van der Waals surface area contributed by atoms with E-state index in [9.17, 15) is 4.79 Å². The molecule has 0 amide bonds. The van der Waals surface area contributed by atoms with Crippen molar-refractivity contribution < 1.29 is 9.53 Å². The molecular formula is C17H27NO2. The number of benzene rings is 1. The van der Waals surface area contributed by atoms with Crippen LogP contribution in [0, 0.1) is 0 Å². The molecule has 0 spiro atoms. The van der Waals surface area contributed by atoms with Crippen LogP contribution in [0.1, 0.15) is 51.0 Å². The number of carbonyl (C=O) groups excluding carboxylic acids is 1. The second kappa shape index (κ2) is 10.3. The first-order valence-corrected chi connectivity index (χ1v) is 7.66. The fourth-order valence-corrected chi connectivity index (χ4v) is 2.11. The summed E-state index contributed by atoms with van der Waals surface area (Å²) in [6, 6.07) is 8.61. The molecule has 20 heavy (non-hydrogen) atoms. The van der Waals surface area contributed by atoms with Gasteiger partial charge in [0.1, 0.15) is 0 Å². The number of hydrogen-bond acceptors (Lipinski definition) is 3. The van der Waals surface area contributed by atoms with Crippen molar-refractivity contribution in [2.75, 3.05) is 19.0 Å². The number of ether oxygens (including phenoxy) is 1. The van der Waals surface area contributed by atoms with E-state index in [1.165, 1.54) is 44.8 Å². The summed E-state index contributed by atoms with van der Waals surface area (Å²) in [4.78, 5) is 11.0. The Morgan fingerprint density at radius 3 is 2.50 bits per heavy atom. The van der Waals surface area contributed by atoms with Crippen LogP contribution in [0.4, 0.5) is 5.69 Å². The smallest absolute Gasteiger partial charge is 0.305 e. The van der Waals surface area contributed by atoms with E-state index in [2.05, 4.69) is 41.2 Å². The van der Waals surface area contributed by atoms with Crippen LogP contribution >= 0.6 is 0 Å². The highest BCUT2D eigenvalue weighted by Gasteiger charge is 1.99. The van der Waals surface area contributed by atoms with Gasteiger partial charge in [0.15, 0.2) is 0 Å². The third kappa shape index (κ3) is 7.17. The maximum atomic E-state index is 11.0. The molecule has 1 N–H and O–H groups in total. The van der Waals surface area contributed by atoms with Crippen LogP contribution in [-0.2, 0) is 16.0 Å². The molecule has 0 bridgehead atoms. The van der Waals surface area contributed by atoms with Crippen molar-refractivity contribution >= 4 is 11.7 Å². The highest BCUT2D eigenvalue weighted by Crippen LogP contribution is 2.13. The van der Waals surface area contributed by atoms with Crippen LogP contribution in [0.5, 0.6) is 0 Å². The van der Waals surface area contributed by atoms with Gasteiger partial charge in [0.2, 0.25) is 0 Å². The molecule has 3 nitrogen and oxygen atoms in total. The highest BCUT2D eigenvalue weighted by atomic mass is 16.5. The van der Waals surface area contributed by atoms with Crippen molar-refractivity contribution in [2.24, 2.45) is 0 Å². The number of aryl methyl sites for hydroxylation is 1. The first kappa shape index (κ1) is 16.5. The van der Waals surface area contributed by atoms with Gasteiger partial charge in [0, 0.05) is 18.7 Å². The fourth-order valence-electron chi connectivity index (χ4n) is 2.11. The summed E-state index contributed by atoms with van der Waals surface area (Å²) >= 11 is 0. The standard InChI is InChI=1S/C17H27NO2/c1-3-4-5-6-8-15-10-12-16(13-11-15)18-14-7-9-17(19)20-2/h10-13,18H,3-9,14H2,1-2H3. The zero-order valence-electron chi connectivity index (χ0n) is 12.8. The van der Waals surface area contributed by atoms with Crippen LogP contribution in [0.25, 0.3) is 0 Å². The number of methoxy groups -OCH3 is 1. The first-order chi connectivity index (χ1) is 9.76. The van der Waals surface area contributed by atoms with Gasteiger partial charge in [-0.2, -0.15) is 0 Å². The number of rotatable bonds is 10. The summed E-state index contributed by atoms with van der Waals surface area (Å²) in [7, 11) is 1.43. The number of hydrogen-bond donors (Lipinski definition) is 1. The van der Waals surface area contributed by atoms with Crippen molar-refractivity contribution in [3.63, 3.8) is 0 Å². The third-order valence-electron chi connectivity index (χ3n) is 3.39. The lowest BCUT2D eigenvalue weighted by Crippen LogP contribution is -2.06. The van der Waals surface area contributed by atoms with Crippen molar-refractivity contribution in [1.29, 1.82) is 0 Å². The molecule has 1 rings (SSSR count). The second-order valence-electron chi connectivity index (χ2n) is 5.11. The molecule has 0 aliphatic heterocycles. The molecule has 0 fully saturated rings. The quantitative estimate of drug-likeness (QED) is 0.515. The lowest BCUT2D eigenvalue weighted by Gasteiger charge is -2.07. The molecule has 1 aromatic carbocycles. The van der Waals surface area contributed by atoms with Crippen molar-refractivity contribution in [1.82, 2.24) is 0 Å². The van der Waals surface area contributed by atoms with Crippen LogP contribution in [0.15, 0.2) is 24.3 Å². The van der Waals surface area contributed by atoms with Gasteiger partial charge >= 0.3 is 5.97 Å². The molecule has 3 heteroatoms. The van der Waals surface area contributed by atoms with Gasteiger partial charge in [-0.3, -0.25) is 4.79 Å². The van der Waals surface area contributed by atoms with E-state index >= 15 is 0 Å². The Morgan fingerprint density at radius 1 is 1.10 bits per heavy atom. The molecule has 0 aliphatic carbocycles. The minimum atomic E-state index is -0.144. The molecule has 0 atom stereocenters. The summed E-state index contributed by atoms with van der Waals surface area (Å²) in [5, 5.41) is 3.32. The average Bonchev–Trinajstić information content (AvgIpc) is 2.49. The maximum Gasteiger partial charge on any atom is 0.305 e. The minimum absolute atomic E-state index is 0.144. The maximum absolute atomic E-state index is 11.0. The van der Waals surface area contributed by atoms with Gasteiger partial charge in [-0.15, -0.1) is 0 Å². The van der Waals surface area contributed by atoms with Crippen molar-refractivity contribution in [2.45, 2.75) is 51.9 Å². The molecule has 0 aliphatic rings. The Hall–Kier alpha value is -1.51. The van der Waals surface area contributed by atoms with E-state index in [1.54, 1.807) is 0 Å². The monoisotopic (exact) mass is 277 g/mol. The van der Waals surface area contributed by atoms with Gasteiger partial charge in [0.05, 0.1) is 7.11 Å². The molecule has 0 aromatic heterocycles. The average molecular weight is 277 g/mol. The Bertz CT molecular complexity index is 373. The number of unbranched alkanes of at least 4 members (excludes halogenated alkanes) is 3. The Balaban J connectivity index is 2.19. The van der Waals surface area contributed by atoms with E-state index in [-0.39, 0.29) is 5.97 Å². The van der Waals surface area contributed by atoms with Gasteiger partial charge < -0.3 is 10.1 Å². The molecule has 0 heterocycles. The molecular weight excluding hydrogens is 250 g/mol. The van der Waals surface area contributed by atoms with E-state index in [0.29, 0.717) is 6.42 Å². The highest BCUT2D eigenvalue weighted by molar-refractivity contribution is 5.69. The Kier molecular flexibility index (Phi) is 8.52. The Labute approximate surface area is 122 Å². The number of carbonyl (C=O) groups is 1. The zero-order chi connectivity index (χ0) is 14.6. The van der Waals surface area contributed by atoms with E-state index < -0.39 is 0 Å². The first-order valence-electron chi connectivity index (χ1n) is 7.66. The SMILES string of the molecule is CCCCCCc1ccc(NCCCC(=O)OC)cc1. The van der Waals surface area contributed by atoms with E-state index in [4.69, 9.17) is 0 Å². The molecule has 0 saturated heterocycles. The van der Waals surface area contributed by atoms with Crippen LogP contribution in [0.2, 0.25) is 0 Å². The van der Waals surface area contributed by atoms with Crippen molar-refractivity contribution in [3.05, 3.63) is 29.8 Å². The number of nitrogens with one attached hydrogen (secondary N) is 1. The summed E-state index contributed by atoms with van der Waals surface area (Å²) in [6.07, 6.45) is 7.66. The zero-order valence-corrected chi connectivity index (χ0v) is 12.8. The van der Waals surface area contributed by atoms with Crippen LogP contribution in [0.3, 0.4) is 0 Å². The topological polar surface area (TPSA) is 38.3 Å². The predicted molar refractivity (Wildman–Crippen MR) is 84.0 cm³/mol. The van der Waals surface area contributed by atoms with Crippen LogP contribution < -0.4 is 5.32 Å². The second-order valence-corrected chi connectivity index (χ2v) is 5.11. The van der Waals surface area contributed by atoms with Gasteiger partial charge in [0.25, 0.3) is 0 Å². The van der Waals surface area contributed by atoms with E-state index in [1.807, 2.05) is 0 Å². The minimum Gasteiger partial charge on any atom is -0.469 e. The molecule has 0 saturated carbocycles. The summed E-state index contributed by atoms with van der Waals surface area (Å²) < 4.78 is 4.61. The van der Waals surface area contributed by atoms with Crippen LogP contribution in [-0.4, -0.2) is 19.6 Å². The Morgan fingerprint density at radius 2 is 1.85 bits per heavy atom. The largest absolute Gasteiger partial charge is 0.469 e. The number of esters is 1. The lowest BCUT2D eigenvalue weighted by molar-refractivity contribution is -0.140. The summed E-state index contributed by atoms with van der Waals surface area (Å²) in [5.74, 6) is -0.144. The predicted octanol–water partition coefficient (Wildman–Crippen LogP) is 4.17. The molecule has 1 aromatic rings. The van der Waals surface area contributed by atoms with Gasteiger partial charge in [-0.1, -0.05) is 38.3 Å². The summed E-state index contributed by atoms with van der Waals surface area (Å²) in [6.45, 7) is 3.03. The van der Waals surface area contributed by atoms with Gasteiger partial charge in [-0.05, 0) is 37.0 Å². The molecule has 0 radical (unpaired) electrons. The number of anilines is 1. The lowest BCUT2D eigenvalue weighted by atomic mass is 10.1. The normalized spacial score (nSPS) is 10.3. The molecule has 112 valence electrons. The third-order valence-corrected chi connectivity index (χ3v) is 3.39.